The molecule has 10 heteroatoms. The summed E-state index contributed by atoms with van der Waals surface area (Å²) in [6.07, 6.45) is -1.50. The number of nitro benzene ring substituents is 1. The van der Waals surface area contributed by atoms with E-state index in [1.807, 2.05) is 5.38 Å². The van der Waals surface area contributed by atoms with Gasteiger partial charge in [-0.1, -0.05) is 47.5 Å². The van der Waals surface area contributed by atoms with Crippen LogP contribution in [0.3, 0.4) is 0 Å². The number of non-ortho nitro benzene ring substituents is 1. The standard InChI is InChI=1S/C22H12Cl2N2O5S/c23-17-7-5-13(9-18(17)24)19-11-32-21(25-19)14-4-6-16(20(10-14)31-22(27)28)12-2-1-3-15(8-12)26(29)30/h1-11H,(H,27,28). The number of nitrogens with zero attached hydrogens (tertiary/aromatic N) is 2. The van der Waals surface area contributed by atoms with Gasteiger partial charge in [0.05, 0.1) is 20.7 Å². The minimum absolute atomic E-state index is 0.0433. The van der Waals surface area contributed by atoms with Crippen molar-refractivity contribution in [3.8, 4) is 38.7 Å². The SMILES string of the molecule is O=C(O)Oc1cc(-c2nc(-c3ccc(Cl)c(Cl)c3)cs2)ccc1-c1cccc([N+](=O)[O-])c1. The van der Waals surface area contributed by atoms with Gasteiger partial charge in [-0.25, -0.2) is 9.78 Å². The molecule has 0 fully saturated rings. The molecule has 0 aliphatic heterocycles. The van der Waals surface area contributed by atoms with Crippen molar-refractivity contribution in [1.29, 1.82) is 0 Å². The predicted octanol–water partition coefficient (Wildman–Crippen LogP) is 7.42. The highest BCUT2D eigenvalue weighted by molar-refractivity contribution is 7.13. The van der Waals surface area contributed by atoms with Crippen molar-refractivity contribution in [2.24, 2.45) is 0 Å². The van der Waals surface area contributed by atoms with E-state index >= 15 is 0 Å². The van der Waals surface area contributed by atoms with Crippen molar-refractivity contribution in [1.82, 2.24) is 4.98 Å². The molecule has 3 aromatic carbocycles. The molecule has 0 amide bonds. The third-order valence-corrected chi connectivity index (χ3v) is 6.14. The number of halogens is 2. The monoisotopic (exact) mass is 486 g/mol. The maximum atomic E-state index is 11.3. The first-order chi connectivity index (χ1) is 15.3. The van der Waals surface area contributed by atoms with Gasteiger partial charge < -0.3 is 9.84 Å². The highest BCUT2D eigenvalue weighted by atomic mass is 35.5. The van der Waals surface area contributed by atoms with E-state index in [0.29, 0.717) is 37.4 Å². The molecule has 0 atom stereocenters. The largest absolute Gasteiger partial charge is 0.511 e. The normalized spacial score (nSPS) is 10.7. The van der Waals surface area contributed by atoms with Crippen LogP contribution in [0.25, 0.3) is 33.0 Å². The second-order valence-electron chi connectivity index (χ2n) is 6.55. The number of hydrogen-bond donors (Lipinski definition) is 1. The van der Waals surface area contributed by atoms with Gasteiger partial charge in [-0.2, -0.15) is 0 Å². The smallest absolute Gasteiger partial charge is 0.449 e. The van der Waals surface area contributed by atoms with Gasteiger partial charge in [-0.15, -0.1) is 11.3 Å². The van der Waals surface area contributed by atoms with Gasteiger partial charge >= 0.3 is 6.16 Å². The highest BCUT2D eigenvalue weighted by Crippen LogP contribution is 2.38. The molecule has 4 rings (SSSR count). The van der Waals surface area contributed by atoms with Gasteiger partial charge in [-0.3, -0.25) is 10.1 Å². The Hall–Kier alpha value is -3.46. The minimum Gasteiger partial charge on any atom is -0.449 e. The Morgan fingerprint density at radius 3 is 2.50 bits per heavy atom. The fourth-order valence-electron chi connectivity index (χ4n) is 3.05. The summed E-state index contributed by atoms with van der Waals surface area (Å²) in [6.45, 7) is 0. The van der Waals surface area contributed by atoms with Crippen LogP contribution in [0.5, 0.6) is 5.75 Å². The molecule has 4 aromatic rings. The molecular formula is C22H12Cl2N2O5S. The number of hydrogen-bond acceptors (Lipinski definition) is 6. The van der Waals surface area contributed by atoms with Crippen LogP contribution in [0.15, 0.2) is 66.0 Å². The molecule has 0 radical (unpaired) electrons. The maximum absolute atomic E-state index is 11.3. The summed E-state index contributed by atoms with van der Waals surface area (Å²) in [7, 11) is 0. The number of nitro groups is 1. The molecule has 1 heterocycles. The molecule has 160 valence electrons. The van der Waals surface area contributed by atoms with Gasteiger partial charge in [0.1, 0.15) is 10.8 Å². The number of ether oxygens (including phenoxy) is 1. The number of thiazole rings is 1. The Kier molecular flexibility index (Phi) is 6.09. The van der Waals surface area contributed by atoms with E-state index in [0.717, 1.165) is 5.56 Å². The molecule has 1 N–H and O–H groups in total. The van der Waals surface area contributed by atoms with Crippen molar-refractivity contribution >= 4 is 46.4 Å². The fraction of sp³-hybridized carbons (Fsp3) is 0. The Morgan fingerprint density at radius 1 is 1.00 bits per heavy atom. The predicted molar refractivity (Wildman–Crippen MR) is 124 cm³/mol. The summed E-state index contributed by atoms with van der Waals surface area (Å²) in [4.78, 5) is 26.4. The Balaban J connectivity index is 1.74. The lowest BCUT2D eigenvalue weighted by atomic mass is 10.0. The van der Waals surface area contributed by atoms with E-state index in [1.165, 1.54) is 29.5 Å². The van der Waals surface area contributed by atoms with Crippen molar-refractivity contribution in [3.05, 3.63) is 86.2 Å². The molecule has 0 bridgehead atoms. The maximum Gasteiger partial charge on any atom is 0.511 e. The number of aromatic nitrogens is 1. The number of carbonyl (C=O) groups is 1. The molecule has 7 nitrogen and oxygen atoms in total. The van der Waals surface area contributed by atoms with Crippen LogP contribution in [0, 0.1) is 10.1 Å². The summed E-state index contributed by atoms with van der Waals surface area (Å²) in [5.41, 5.74) is 2.86. The molecule has 0 saturated carbocycles. The van der Waals surface area contributed by atoms with Crippen molar-refractivity contribution in [3.63, 3.8) is 0 Å². The number of benzene rings is 3. The summed E-state index contributed by atoms with van der Waals surface area (Å²) in [6, 6.07) is 16.0. The zero-order valence-corrected chi connectivity index (χ0v) is 18.3. The van der Waals surface area contributed by atoms with Crippen LogP contribution in [-0.4, -0.2) is 21.2 Å². The zero-order valence-electron chi connectivity index (χ0n) is 16.0. The first-order valence-electron chi connectivity index (χ1n) is 9.03. The van der Waals surface area contributed by atoms with E-state index in [4.69, 9.17) is 27.9 Å². The van der Waals surface area contributed by atoms with E-state index in [9.17, 15) is 20.0 Å². The quantitative estimate of drug-likeness (QED) is 0.136. The van der Waals surface area contributed by atoms with Crippen LogP contribution >= 0.6 is 34.5 Å². The third kappa shape index (κ3) is 4.57. The Labute approximate surface area is 195 Å². The lowest BCUT2D eigenvalue weighted by Gasteiger charge is -2.10. The number of rotatable bonds is 5. The van der Waals surface area contributed by atoms with Crippen LogP contribution in [0.1, 0.15) is 0 Å². The van der Waals surface area contributed by atoms with Crippen LogP contribution in [-0.2, 0) is 0 Å². The molecule has 1 aromatic heterocycles. The second kappa shape index (κ2) is 8.96. The topological polar surface area (TPSA) is 103 Å². The van der Waals surface area contributed by atoms with Crippen molar-refractivity contribution in [2.45, 2.75) is 0 Å². The molecule has 0 saturated heterocycles. The first-order valence-corrected chi connectivity index (χ1v) is 10.7. The molecule has 32 heavy (non-hydrogen) atoms. The number of carboxylic acid groups (broad SMARTS) is 1. The van der Waals surface area contributed by atoms with Gasteiger partial charge in [0.25, 0.3) is 5.69 Å². The lowest BCUT2D eigenvalue weighted by molar-refractivity contribution is -0.384. The summed E-state index contributed by atoms with van der Waals surface area (Å²) in [5, 5.41) is 23.6. The Bertz CT molecular complexity index is 1360. The molecular weight excluding hydrogens is 475 g/mol. The summed E-state index contributed by atoms with van der Waals surface area (Å²) < 4.78 is 4.97. The zero-order chi connectivity index (χ0) is 22.8. The lowest BCUT2D eigenvalue weighted by Crippen LogP contribution is -2.04. The molecule has 0 unspecified atom stereocenters. The summed E-state index contributed by atoms with van der Waals surface area (Å²) in [5.74, 6) is 0.0433. The van der Waals surface area contributed by atoms with Gasteiger partial charge in [-0.05, 0) is 29.8 Å². The Morgan fingerprint density at radius 2 is 1.78 bits per heavy atom. The molecule has 0 aliphatic rings. The fourth-order valence-corrected chi connectivity index (χ4v) is 4.18. The molecule has 0 aliphatic carbocycles. The minimum atomic E-state index is -1.50. The van der Waals surface area contributed by atoms with E-state index in [2.05, 4.69) is 4.98 Å². The van der Waals surface area contributed by atoms with Crippen LogP contribution in [0.2, 0.25) is 10.0 Å². The second-order valence-corrected chi connectivity index (χ2v) is 8.23. The average Bonchev–Trinajstić information content (AvgIpc) is 3.25. The molecule has 0 spiro atoms. The van der Waals surface area contributed by atoms with Crippen molar-refractivity contribution in [2.75, 3.05) is 0 Å². The van der Waals surface area contributed by atoms with Crippen LogP contribution < -0.4 is 4.74 Å². The average molecular weight is 487 g/mol. The van der Waals surface area contributed by atoms with Gasteiger partial charge in [0.2, 0.25) is 0 Å². The van der Waals surface area contributed by atoms with Crippen molar-refractivity contribution < 1.29 is 19.6 Å². The van der Waals surface area contributed by atoms with E-state index in [1.54, 1.807) is 42.5 Å². The van der Waals surface area contributed by atoms with E-state index in [-0.39, 0.29) is 11.4 Å². The van der Waals surface area contributed by atoms with E-state index < -0.39 is 11.1 Å². The van der Waals surface area contributed by atoms with Gasteiger partial charge in [0, 0.05) is 34.2 Å². The first kappa shape index (κ1) is 21.8. The highest BCUT2D eigenvalue weighted by Gasteiger charge is 2.16. The summed E-state index contributed by atoms with van der Waals surface area (Å²) >= 11 is 13.4. The third-order valence-electron chi connectivity index (χ3n) is 4.51. The van der Waals surface area contributed by atoms with Gasteiger partial charge in [0.15, 0.2) is 0 Å². The van der Waals surface area contributed by atoms with Crippen LogP contribution in [0.4, 0.5) is 10.5 Å².